The summed E-state index contributed by atoms with van der Waals surface area (Å²) in [5.41, 5.74) is 0. The highest BCUT2D eigenvalue weighted by Crippen LogP contribution is 2.16. The first-order valence-corrected chi connectivity index (χ1v) is 10.6. The van der Waals surface area contributed by atoms with E-state index in [1.807, 2.05) is 32.6 Å². The van der Waals surface area contributed by atoms with Crippen molar-refractivity contribution in [2.75, 3.05) is 0 Å². The topological polar surface area (TPSA) is 86.7 Å². The van der Waals surface area contributed by atoms with Gasteiger partial charge in [-0.3, -0.25) is 14.4 Å². The average Bonchev–Trinajstić information content (AvgIpc) is 2.64. The molecule has 0 radical (unpaired) electrons. The van der Waals surface area contributed by atoms with Crippen LogP contribution in [0.25, 0.3) is 0 Å². The van der Waals surface area contributed by atoms with Crippen LogP contribution in [0.15, 0.2) is 0 Å². The van der Waals surface area contributed by atoms with E-state index in [0.29, 0.717) is 6.42 Å². The van der Waals surface area contributed by atoms with Crippen LogP contribution in [0.2, 0.25) is 0 Å². The van der Waals surface area contributed by atoms with Gasteiger partial charge in [0.25, 0.3) is 0 Å². The summed E-state index contributed by atoms with van der Waals surface area (Å²) < 4.78 is 0. The molecule has 2 unspecified atom stereocenters. The van der Waals surface area contributed by atoms with Gasteiger partial charge >= 0.3 is 5.97 Å². The molecule has 0 aromatic carbocycles. The van der Waals surface area contributed by atoms with E-state index in [9.17, 15) is 14.4 Å². The lowest BCUT2D eigenvalue weighted by atomic mass is 10.0. The maximum Gasteiger partial charge on any atom is 0.303 e. The summed E-state index contributed by atoms with van der Waals surface area (Å²) in [6.45, 7) is 10.2. The Morgan fingerprint density at radius 2 is 1.44 bits per heavy atom. The number of carboxylic acid groups (broad SMARTS) is 1. The van der Waals surface area contributed by atoms with Gasteiger partial charge in [-0.05, 0) is 39.5 Å². The average molecular weight is 385 g/mol. The van der Waals surface area contributed by atoms with Crippen LogP contribution in [-0.2, 0) is 14.4 Å². The Morgan fingerprint density at radius 1 is 0.889 bits per heavy atom. The van der Waals surface area contributed by atoms with Gasteiger partial charge in [0.05, 0.1) is 0 Å². The number of aliphatic carboxylic acids is 1. The molecule has 0 heterocycles. The second-order valence-corrected chi connectivity index (χ2v) is 7.48. The van der Waals surface area contributed by atoms with Crippen molar-refractivity contribution in [1.82, 2.24) is 10.2 Å². The summed E-state index contributed by atoms with van der Waals surface area (Å²) in [6.07, 6.45) is 7.22. The normalized spacial score (nSPS) is 14.3. The fraction of sp³-hybridized carbons (Fsp3) is 0.857. The van der Waals surface area contributed by atoms with Crippen LogP contribution in [0.4, 0.5) is 0 Å². The molecule has 0 saturated heterocycles. The van der Waals surface area contributed by atoms with E-state index in [2.05, 4.69) is 12.2 Å². The summed E-state index contributed by atoms with van der Waals surface area (Å²) >= 11 is 0. The van der Waals surface area contributed by atoms with Crippen LogP contribution in [0, 0.1) is 0 Å². The second kappa shape index (κ2) is 14.5. The zero-order chi connectivity index (χ0) is 20.8. The maximum absolute atomic E-state index is 13.1. The molecular weight excluding hydrogens is 344 g/mol. The summed E-state index contributed by atoms with van der Waals surface area (Å²) in [6, 6.07) is -0.677. The van der Waals surface area contributed by atoms with Crippen LogP contribution >= 0.6 is 0 Å². The lowest BCUT2D eigenvalue weighted by Gasteiger charge is -2.36. The minimum Gasteiger partial charge on any atom is -0.481 e. The van der Waals surface area contributed by atoms with E-state index in [-0.39, 0.29) is 36.7 Å². The van der Waals surface area contributed by atoms with Crippen molar-refractivity contribution in [3.05, 3.63) is 0 Å². The minimum atomic E-state index is -0.958. The second-order valence-electron chi connectivity index (χ2n) is 7.48. The number of carbonyl (C=O) groups is 3. The molecule has 2 amide bonds. The van der Waals surface area contributed by atoms with Gasteiger partial charge in [-0.1, -0.05) is 46.5 Å². The van der Waals surface area contributed by atoms with E-state index < -0.39 is 12.0 Å². The summed E-state index contributed by atoms with van der Waals surface area (Å²) in [5, 5.41) is 11.8. The molecule has 0 aliphatic rings. The quantitative estimate of drug-likeness (QED) is 0.416. The molecule has 0 fully saturated rings. The molecule has 0 aromatic heterocycles. The number of carboxylic acids is 1. The molecule has 0 aromatic rings. The predicted octanol–water partition coefficient (Wildman–Crippen LogP) is 4.12. The van der Waals surface area contributed by atoms with Crippen LogP contribution in [0.1, 0.15) is 98.8 Å². The van der Waals surface area contributed by atoms with Crippen molar-refractivity contribution >= 4 is 17.8 Å². The third kappa shape index (κ3) is 10.4. The maximum atomic E-state index is 13.1. The number of nitrogens with one attached hydrogen (secondary N) is 1. The molecule has 0 aliphatic carbocycles. The molecule has 2 N–H and O–H groups in total. The monoisotopic (exact) mass is 384 g/mol. The number of amides is 2. The van der Waals surface area contributed by atoms with Gasteiger partial charge in [-0.15, -0.1) is 0 Å². The highest BCUT2D eigenvalue weighted by atomic mass is 16.4. The molecule has 0 spiro atoms. The fourth-order valence-electron chi connectivity index (χ4n) is 3.12. The van der Waals surface area contributed by atoms with E-state index in [1.54, 1.807) is 0 Å². The van der Waals surface area contributed by atoms with Gasteiger partial charge in [-0.2, -0.15) is 0 Å². The highest BCUT2D eigenvalue weighted by Gasteiger charge is 2.31. The summed E-state index contributed by atoms with van der Waals surface area (Å²) in [5.74, 6) is -1.29. The van der Waals surface area contributed by atoms with E-state index in [4.69, 9.17) is 5.11 Å². The molecule has 158 valence electrons. The first-order valence-electron chi connectivity index (χ1n) is 10.6. The number of hydrogen-bond acceptors (Lipinski definition) is 3. The highest BCUT2D eigenvalue weighted by molar-refractivity contribution is 5.88. The largest absolute Gasteiger partial charge is 0.481 e. The third-order valence-electron chi connectivity index (χ3n) is 5.17. The Morgan fingerprint density at radius 3 is 1.93 bits per heavy atom. The van der Waals surface area contributed by atoms with Crippen molar-refractivity contribution in [3.8, 4) is 0 Å². The smallest absolute Gasteiger partial charge is 0.303 e. The van der Waals surface area contributed by atoms with Crippen molar-refractivity contribution in [2.24, 2.45) is 0 Å². The SMILES string of the molecule is CCCCCCCC(=O)N[C@@H](CCC(=O)O)C(=O)N(C(C)CC)C(C)CC. The summed E-state index contributed by atoms with van der Waals surface area (Å²) in [7, 11) is 0. The molecule has 0 saturated carbocycles. The van der Waals surface area contributed by atoms with Gasteiger partial charge in [0.1, 0.15) is 6.04 Å². The number of nitrogens with zero attached hydrogens (tertiary/aromatic N) is 1. The number of hydrogen-bond donors (Lipinski definition) is 2. The van der Waals surface area contributed by atoms with Gasteiger partial charge in [-0.25, -0.2) is 0 Å². The van der Waals surface area contributed by atoms with Crippen molar-refractivity contribution in [2.45, 2.75) is 117 Å². The molecular formula is C21H40N2O4. The molecule has 6 heteroatoms. The van der Waals surface area contributed by atoms with Crippen molar-refractivity contribution in [1.29, 1.82) is 0 Å². The summed E-state index contributed by atoms with van der Waals surface area (Å²) in [4.78, 5) is 38.2. The van der Waals surface area contributed by atoms with E-state index >= 15 is 0 Å². The Labute approximate surface area is 165 Å². The first kappa shape index (κ1) is 25.4. The zero-order valence-corrected chi connectivity index (χ0v) is 17.9. The van der Waals surface area contributed by atoms with Gasteiger partial charge in [0.15, 0.2) is 0 Å². The zero-order valence-electron chi connectivity index (χ0n) is 17.9. The molecule has 0 bridgehead atoms. The molecule has 27 heavy (non-hydrogen) atoms. The Bertz CT molecular complexity index is 443. The lowest BCUT2D eigenvalue weighted by Crippen LogP contribution is -2.54. The van der Waals surface area contributed by atoms with Crippen LogP contribution in [0.5, 0.6) is 0 Å². The fourth-order valence-corrected chi connectivity index (χ4v) is 3.12. The lowest BCUT2D eigenvalue weighted by molar-refractivity contribution is -0.142. The number of rotatable bonds is 15. The molecule has 0 aliphatic heterocycles. The minimum absolute atomic E-state index is 0.0470. The van der Waals surface area contributed by atoms with Crippen LogP contribution in [-0.4, -0.2) is 45.9 Å². The van der Waals surface area contributed by atoms with Crippen molar-refractivity contribution < 1.29 is 19.5 Å². The molecule has 0 rings (SSSR count). The van der Waals surface area contributed by atoms with Crippen molar-refractivity contribution in [3.63, 3.8) is 0 Å². The first-order chi connectivity index (χ1) is 12.8. The van der Waals surface area contributed by atoms with E-state index in [0.717, 1.165) is 38.5 Å². The number of unbranched alkanes of at least 4 members (excludes halogenated alkanes) is 4. The third-order valence-corrected chi connectivity index (χ3v) is 5.17. The Balaban J connectivity index is 5.00. The predicted molar refractivity (Wildman–Crippen MR) is 109 cm³/mol. The number of carbonyl (C=O) groups excluding carboxylic acids is 2. The Hall–Kier alpha value is -1.59. The van der Waals surface area contributed by atoms with Gasteiger partial charge in [0.2, 0.25) is 11.8 Å². The standard InChI is InChI=1S/C21H40N2O4/c1-6-9-10-11-12-13-19(24)22-18(14-15-20(25)26)21(27)23(16(4)7-2)17(5)8-3/h16-18H,6-15H2,1-5H3,(H,22,24)(H,25,26)/t16?,17?,18-/m0/s1. The van der Waals surface area contributed by atoms with E-state index in [1.165, 1.54) is 6.42 Å². The van der Waals surface area contributed by atoms with Crippen LogP contribution < -0.4 is 5.32 Å². The Kier molecular flexibility index (Phi) is 13.6. The van der Waals surface area contributed by atoms with Gasteiger partial charge in [0, 0.05) is 24.9 Å². The van der Waals surface area contributed by atoms with Gasteiger partial charge < -0.3 is 15.3 Å². The molecule has 6 nitrogen and oxygen atoms in total. The molecule has 3 atom stereocenters. The van der Waals surface area contributed by atoms with Crippen LogP contribution in [0.3, 0.4) is 0 Å².